The van der Waals surface area contributed by atoms with Crippen LogP contribution in [0.15, 0.2) is 36.4 Å². The third-order valence-electron chi connectivity index (χ3n) is 3.43. The van der Waals surface area contributed by atoms with E-state index in [-0.39, 0.29) is 6.54 Å². The number of nitrogens with one attached hydrogen (secondary N) is 1. The van der Waals surface area contributed by atoms with Gasteiger partial charge in [0.2, 0.25) is 5.88 Å². The van der Waals surface area contributed by atoms with Crippen LogP contribution in [0.2, 0.25) is 0 Å². The number of carbonyl (C=O) groups is 1. The summed E-state index contributed by atoms with van der Waals surface area (Å²) in [6.45, 7) is 4.08. The second-order valence-electron chi connectivity index (χ2n) is 5.10. The number of rotatable bonds is 5. The molecule has 1 heterocycles. The molecule has 0 saturated heterocycles. The Labute approximate surface area is 130 Å². The first kappa shape index (κ1) is 16.0. The fourth-order valence-electron chi connectivity index (χ4n) is 2.27. The van der Waals surface area contributed by atoms with Crippen LogP contribution in [0.1, 0.15) is 28.5 Å². The normalized spacial score (nSPS) is 11.8. The third kappa shape index (κ3) is 3.62. The molecule has 1 unspecified atom stereocenters. The van der Waals surface area contributed by atoms with Crippen LogP contribution in [0.3, 0.4) is 0 Å². The number of benzene rings is 1. The van der Waals surface area contributed by atoms with Gasteiger partial charge in [-0.25, -0.2) is 4.98 Å². The summed E-state index contributed by atoms with van der Waals surface area (Å²) in [5, 5.41) is 12.8. The van der Waals surface area contributed by atoms with Gasteiger partial charge < -0.3 is 15.2 Å². The lowest BCUT2D eigenvalue weighted by molar-refractivity contribution is -0.129. The van der Waals surface area contributed by atoms with Gasteiger partial charge in [-0.3, -0.25) is 4.79 Å². The van der Waals surface area contributed by atoms with E-state index in [9.17, 15) is 9.90 Å². The minimum Gasteiger partial charge on any atom is -0.481 e. The van der Waals surface area contributed by atoms with Gasteiger partial charge in [0.1, 0.15) is 0 Å². The molecule has 2 rings (SSSR count). The van der Waals surface area contributed by atoms with E-state index in [1.54, 1.807) is 31.4 Å². The first-order valence-electron chi connectivity index (χ1n) is 7.04. The highest BCUT2D eigenvalue weighted by Crippen LogP contribution is 2.21. The van der Waals surface area contributed by atoms with Gasteiger partial charge in [-0.05, 0) is 31.0 Å². The van der Waals surface area contributed by atoms with Gasteiger partial charge in [-0.15, -0.1) is 0 Å². The van der Waals surface area contributed by atoms with Crippen molar-refractivity contribution < 1.29 is 14.6 Å². The van der Waals surface area contributed by atoms with E-state index in [0.29, 0.717) is 11.4 Å². The zero-order chi connectivity index (χ0) is 16.1. The Morgan fingerprint density at radius 1 is 1.32 bits per heavy atom. The predicted molar refractivity (Wildman–Crippen MR) is 83.5 cm³/mol. The topological polar surface area (TPSA) is 71.5 Å². The number of ether oxygens (including phenoxy) is 1. The summed E-state index contributed by atoms with van der Waals surface area (Å²) >= 11 is 0. The Hall–Kier alpha value is -2.40. The second kappa shape index (κ2) is 7.04. The molecular formula is C17H20N2O3. The van der Waals surface area contributed by atoms with E-state index >= 15 is 0 Å². The molecule has 5 heteroatoms. The van der Waals surface area contributed by atoms with E-state index in [4.69, 9.17) is 4.74 Å². The third-order valence-corrected chi connectivity index (χ3v) is 3.43. The standard InChI is InChI=1S/C17H20N2O3/c1-11-9-12(2)19-17(22-3)14(11)10-18-16(21)15(20)13-7-5-4-6-8-13/h4-9,15,20H,10H2,1-3H3,(H,18,21). The molecule has 0 spiro atoms. The molecule has 0 saturated carbocycles. The molecular weight excluding hydrogens is 280 g/mol. The average molecular weight is 300 g/mol. The molecule has 0 aliphatic rings. The number of aliphatic hydroxyl groups is 1. The molecule has 2 aromatic rings. The zero-order valence-electron chi connectivity index (χ0n) is 13.0. The Kier molecular flexibility index (Phi) is 5.12. The number of nitrogens with zero attached hydrogens (tertiary/aromatic N) is 1. The van der Waals surface area contributed by atoms with Gasteiger partial charge >= 0.3 is 0 Å². The van der Waals surface area contributed by atoms with Crippen molar-refractivity contribution in [1.29, 1.82) is 0 Å². The maximum absolute atomic E-state index is 12.1. The molecule has 1 amide bonds. The highest BCUT2D eigenvalue weighted by molar-refractivity contribution is 5.81. The molecule has 0 bridgehead atoms. The predicted octanol–water partition coefficient (Wildman–Crippen LogP) is 2.06. The Balaban J connectivity index is 2.09. The van der Waals surface area contributed by atoms with Crippen LogP contribution in [-0.2, 0) is 11.3 Å². The minimum absolute atomic E-state index is 0.255. The average Bonchev–Trinajstić information content (AvgIpc) is 2.53. The molecule has 1 aromatic heterocycles. The number of carbonyl (C=O) groups excluding carboxylic acids is 1. The van der Waals surface area contributed by atoms with Crippen molar-refractivity contribution in [2.24, 2.45) is 0 Å². The Morgan fingerprint density at radius 3 is 2.64 bits per heavy atom. The lowest BCUT2D eigenvalue weighted by Crippen LogP contribution is -2.29. The van der Waals surface area contributed by atoms with Crippen molar-refractivity contribution in [2.45, 2.75) is 26.5 Å². The fraction of sp³-hybridized carbons (Fsp3) is 0.294. The van der Waals surface area contributed by atoms with Crippen LogP contribution in [0.25, 0.3) is 0 Å². The minimum atomic E-state index is -1.19. The van der Waals surface area contributed by atoms with Gasteiger partial charge in [-0.2, -0.15) is 0 Å². The van der Waals surface area contributed by atoms with Gasteiger partial charge in [0.25, 0.3) is 5.91 Å². The molecule has 1 atom stereocenters. The summed E-state index contributed by atoms with van der Waals surface area (Å²) in [4.78, 5) is 16.4. The zero-order valence-corrected chi connectivity index (χ0v) is 13.0. The summed E-state index contributed by atoms with van der Waals surface area (Å²) in [7, 11) is 1.55. The van der Waals surface area contributed by atoms with Gasteiger partial charge in [-0.1, -0.05) is 30.3 Å². The van der Waals surface area contributed by atoms with Crippen molar-refractivity contribution in [1.82, 2.24) is 10.3 Å². The van der Waals surface area contributed by atoms with Crippen LogP contribution in [-0.4, -0.2) is 23.1 Å². The van der Waals surface area contributed by atoms with Crippen molar-refractivity contribution in [2.75, 3.05) is 7.11 Å². The van der Waals surface area contributed by atoms with Crippen LogP contribution < -0.4 is 10.1 Å². The Bertz CT molecular complexity index is 656. The number of hydrogen-bond acceptors (Lipinski definition) is 4. The summed E-state index contributed by atoms with van der Waals surface area (Å²) < 4.78 is 5.26. The highest BCUT2D eigenvalue weighted by atomic mass is 16.5. The van der Waals surface area contributed by atoms with E-state index in [1.807, 2.05) is 26.0 Å². The molecule has 116 valence electrons. The quantitative estimate of drug-likeness (QED) is 0.886. The number of amides is 1. The number of hydrogen-bond donors (Lipinski definition) is 2. The molecule has 0 aliphatic heterocycles. The summed E-state index contributed by atoms with van der Waals surface area (Å²) in [6.07, 6.45) is -1.19. The van der Waals surface area contributed by atoms with E-state index < -0.39 is 12.0 Å². The van der Waals surface area contributed by atoms with Crippen molar-refractivity contribution in [3.05, 3.63) is 58.8 Å². The monoisotopic (exact) mass is 300 g/mol. The van der Waals surface area contributed by atoms with Gasteiger partial charge in [0.15, 0.2) is 6.10 Å². The highest BCUT2D eigenvalue weighted by Gasteiger charge is 2.18. The van der Waals surface area contributed by atoms with Crippen LogP contribution in [0.5, 0.6) is 5.88 Å². The molecule has 0 radical (unpaired) electrons. The number of methoxy groups -OCH3 is 1. The van der Waals surface area contributed by atoms with E-state index in [0.717, 1.165) is 16.8 Å². The lowest BCUT2D eigenvalue weighted by atomic mass is 10.1. The van der Waals surface area contributed by atoms with E-state index in [2.05, 4.69) is 10.3 Å². The SMILES string of the molecule is COc1nc(C)cc(C)c1CNC(=O)C(O)c1ccccc1. The van der Waals surface area contributed by atoms with Crippen molar-refractivity contribution in [3.8, 4) is 5.88 Å². The van der Waals surface area contributed by atoms with Gasteiger partial charge in [0, 0.05) is 17.8 Å². The second-order valence-corrected chi connectivity index (χ2v) is 5.10. The first-order valence-corrected chi connectivity index (χ1v) is 7.04. The van der Waals surface area contributed by atoms with Crippen molar-refractivity contribution in [3.63, 3.8) is 0 Å². The van der Waals surface area contributed by atoms with E-state index in [1.165, 1.54) is 0 Å². The van der Waals surface area contributed by atoms with Gasteiger partial charge in [0.05, 0.1) is 7.11 Å². The van der Waals surface area contributed by atoms with Crippen LogP contribution >= 0.6 is 0 Å². The molecule has 2 N–H and O–H groups in total. The number of pyridine rings is 1. The number of aryl methyl sites for hydroxylation is 2. The first-order chi connectivity index (χ1) is 10.5. The number of aliphatic hydroxyl groups excluding tert-OH is 1. The molecule has 0 aliphatic carbocycles. The van der Waals surface area contributed by atoms with Crippen molar-refractivity contribution >= 4 is 5.91 Å². The summed E-state index contributed by atoms with van der Waals surface area (Å²) in [6, 6.07) is 10.7. The lowest BCUT2D eigenvalue weighted by Gasteiger charge is -2.15. The molecule has 1 aromatic carbocycles. The maximum atomic E-state index is 12.1. The van der Waals surface area contributed by atoms with Crippen LogP contribution in [0, 0.1) is 13.8 Å². The van der Waals surface area contributed by atoms with Crippen LogP contribution in [0.4, 0.5) is 0 Å². The largest absolute Gasteiger partial charge is 0.481 e. The number of aromatic nitrogens is 1. The summed E-state index contributed by atoms with van der Waals surface area (Å²) in [5.74, 6) is 0.0419. The summed E-state index contributed by atoms with van der Waals surface area (Å²) in [5.41, 5.74) is 3.21. The molecule has 0 fully saturated rings. The molecule has 22 heavy (non-hydrogen) atoms. The maximum Gasteiger partial charge on any atom is 0.253 e. The fourth-order valence-corrected chi connectivity index (χ4v) is 2.27. The molecule has 5 nitrogen and oxygen atoms in total. The smallest absolute Gasteiger partial charge is 0.253 e. The Morgan fingerprint density at radius 2 is 2.00 bits per heavy atom.